The smallest absolute Gasteiger partial charge is 0.223 e. The van der Waals surface area contributed by atoms with Crippen molar-refractivity contribution in [2.45, 2.75) is 44.2 Å². The van der Waals surface area contributed by atoms with Crippen LogP contribution in [0.15, 0.2) is 24.4 Å². The Morgan fingerprint density at radius 2 is 2.15 bits per heavy atom. The highest BCUT2D eigenvalue weighted by molar-refractivity contribution is 5.79. The molecule has 26 heavy (non-hydrogen) atoms. The number of carbonyl (C=O) groups excluding carboxylic acids is 1. The number of methoxy groups -OCH3 is 1. The molecule has 1 saturated carbocycles. The fraction of sp³-hybridized carbons (Fsp3) is 0.700. The molecular formula is C20H31N3O3. The third-order valence-corrected chi connectivity index (χ3v) is 5.77. The monoisotopic (exact) mass is 361 g/mol. The number of piperidine rings is 1. The molecule has 0 radical (unpaired) electrons. The molecule has 0 spiro atoms. The second-order valence-electron chi connectivity index (χ2n) is 7.63. The van der Waals surface area contributed by atoms with Gasteiger partial charge in [0.25, 0.3) is 0 Å². The molecule has 2 heterocycles. The topological polar surface area (TPSA) is 74.7 Å². The third kappa shape index (κ3) is 5.25. The molecule has 1 aliphatic heterocycles. The van der Waals surface area contributed by atoms with Gasteiger partial charge in [0, 0.05) is 43.9 Å². The van der Waals surface area contributed by atoms with E-state index < -0.39 is 0 Å². The molecule has 0 aromatic carbocycles. The summed E-state index contributed by atoms with van der Waals surface area (Å²) in [5.41, 5.74) is 0.994. The summed E-state index contributed by atoms with van der Waals surface area (Å²) >= 11 is 0. The maximum atomic E-state index is 12.8. The van der Waals surface area contributed by atoms with Gasteiger partial charge >= 0.3 is 0 Å². The van der Waals surface area contributed by atoms with Gasteiger partial charge in [-0.05, 0) is 56.8 Å². The fourth-order valence-corrected chi connectivity index (χ4v) is 3.98. The number of carbonyl (C=O) groups is 1. The summed E-state index contributed by atoms with van der Waals surface area (Å²) in [4.78, 5) is 19.6. The van der Waals surface area contributed by atoms with Crippen molar-refractivity contribution in [1.29, 1.82) is 0 Å². The van der Waals surface area contributed by atoms with Crippen LogP contribution in [0.1, 0.15) is 31.4 Å². The molecule has 1 atom stereocenters. The van der Waals surface area contributed by atoms with Crippen molar-refractivity contribution in [3.63, 3.8) is 0 Å². The summed E-state index contributed by atoms with van der Waals surface area (Å²) in [6.45, 7) is 3.59. The number of nitrogens with one attached hydrogen (secondary N) is 1. The minimum absolute atomic E-state index is 0.0623. The Bertz CT molecular complexity index is 555. The first-order valence-electron chi connectivity index (χ1n) is 9.75. The van der Waals surface area contributed by atoms with E-state index >= 15 is 0 Å². The number of hydrogen-bond donors (Lipinski definition) is 2. The van der Waals surface area contributed by atoms with Crippen molar-refractivity contribution in [2.24, 2.45) is 11.8 Å². The van der Waals surface area contributed by atoms with Gasteiger partial charge in [0.15, 0.2) is 0 Å². The molecule has 6 heteroatoms. The van der Waals surface area contributed by atoms with Crippen LogP contribution in [0.3, 0.4) is 0 Å². The lowest BCUT2D eigenvalue weighted by atomic mass is 9.75. The van der Waals surface area contributed by atoms with E-state index in [-0.39, 0.29) is 24.0 Å². The average molecular weight is 361 g/mol. The van der Waals surface area contributed by atoms with Gasteiger partial charge in [-0.2, -0.15) is 0 Å². The minimum Gasteiger partial charge on any atom is -0.393 e. The van der Waals surface area contributed by atoms with Crippen LogP contribution in [-0.2, 0) is 16.0 Å². The zero-order chi connectivity index (χ0) is 18.4. The number of aliphatic hydroxyl groups excluding tert-OH is 1. The fourth-order valence-electron chi connectivity index (χ4n) is 3.98. The Morgan fingerprint density at radius 1 is 1.38 bits per heavy atom. The van der Waals surface area contributed by atoms with Gasteiger partial charge < -0.3 is 20.1 Å². The Hall–Kier alpha value is -1.50. The molecule has 1 amide bonds. The summed E-state index contributed by atoms with van der Waals surface area (Å²) in [5.74, 6) is 0.599. The van der Waals surface area contributed by atoms with E-state index in [0.29, 0.717) is 5.92 Å². The molecule has 0 bridgehead atoms. The number of ether oxygens (including phenoxy) is 1. The molecule has 144 valence electrons. The molecule has 6 nitrogen and oxygen atoms in total. The van der Waals surface area contributed by atoms with E-state index in [9.17, 15) is 9.90 Å². The van der Waals surface area contributed by atoms with Gasteiger partial charge in [-0.15, -0.1) is 0 Å². The van der Waals surface area contributed by atoms with Crippen molar-refractivity contribution in [2.75, 3.05) is 33.4 Å². The molecular weight excluding hydrogens is 330 g/mol. The zero-order valence-electron chi connectivity index (χ0n) is 15.6. The number of aromatic nitrogens is 1. The summed E-state index contributed by atoms with van der Waals surface area (Å²) < 4.78 is 5.13. The Labute approximate surface area is 155 Å². The van der Waals surface area contributed by atoms with Gasteiger partial charge in [-0.1, -0.05) is 6.07 Å². The summed E-state index contributed by atoms with van der Waals surface area (Å²) in [5, 5.41) is 13.0. The molecule has 1 aromatic heterocycles. The van der Waals surface area contributed by atoms with Gasteiger partial charge in [-0.25, -0.2) is 0 Å². The van der Waals surface area contributed by atoms with Crippen molar-refractivity contribution >= 4 is 5.91 Å². The number of amides is 1. The second kappa shape index (κ2) is 9.44. The number of aliphatic hydroxyl groups is 1. The van der Waals surface area contributed by atoms with Crippen LogP contribution in [0, 0.1) is 11.8 Å². The number of hydrogen-bond acceptors (Lipinski definition) is 5. The van der Waals surface area contributed by atoms with Crippen molar-refractivity contribution in [1.82, 2.24) is 15.2 Å². The maximum absolute atomic E-state index is 12.8. The van der Waals surface area contributed by atoms with E-state index in [0.717, 1.165) is 64.0 Å². The highest BCUT2D eigenvalue weighted by Gasteiger charge is 2.36. The normalized spacial score (nSPS) is 25.5. The minimum atomic E-state index is -0.216. The highest BCUT2D eigenvalue weighted by Crippen LogP contribution is 2.32. The zero-order valence-corrected chi connectivity index (χ0v) is 15.6. The molecule has 1 aliphatic carbocycles. The molecule has 2 N–H and O–H groups in total. The quantitative estimate of drug-likeness (QED) is 0.729. The van der Waals surface area contributed by atoms with Gasteiger partial charge in [-0.3, -0.25) is 9.78 Å². The highest BCUT2D eigenvalue weighted by atomic mass is 16.5. The summed E-state index contributed by atoms with van der Waals surface area (Å²) in [7, 11) is 1.72. The number of likely N-dealkylation sites (tertiary alicyclic amines) is 1. The Morgan fingerprint density at radius 3 is 2.77 bits per heavy atom. The first-order chi connectivity index (χ1) is 12.7. The number of rotatable bonds is 8. The standard InChI is InChI=1S/C20H31N3O3/c1-26-11-10-23-8-5-15(6-9-23)20(25)22-19(16-12-18(24)13-16)14-17-4-2-3-7-21-17/h2-4,7,15-16,18-19,24H,5-6,8-14H2,1H3,(H,22,25). The average Bonchev–Trinajstić information content (AvgIpc) is 2.64. The van der Waals surface area contributed by atoms with Crippen LogP contribution < -0.4 is 5.32 Å². The predicted octanol–water partition coefficient (Wildman–Crippen LogP) is 1.24. The first kappa shape index (κ1) is 19.3. The van der Waals surface area contributed by atoms with E-state index in [4.69, 9.17) is 4.74 Å². The van der Waals surface area contributed by atoms with Crippen LogP contribution in [0.2, 0.25) is 0 Å². The van der Waals surface area contributed by atoms with E-state index in [1.807, 2.05) is 18.2 Å². The van der Waals surface area contributed by atoms with Gasteiger partial charge in [0.05, 0.1) is 12.7 Å². The Balaban J connectivity index is 1.52. The molecule has 2 aliphatic rings. The summed E-state index contributed by atoms with van der Waals surface area (Å²) in [6.07, 6.45) is 5.65. The number of nitrogens with zero attached hydrogens (tertiary/aromatic N) is 2. The molecule has 1 unspecified atom stereocenters. The number of pyridine rings is 1. The van der Waals surface area contributed by atoms with E-state index in [2.05, 4.69) is 15.2 Å². The lowest BCUT2D eigenvalue weighted by Crippen LogP contribution is -2.51. The SMILES string of the molecule is COCCN1CCC(C(=O)NC(Cc2ccccn2)C2CC(O)C2)CC1. The molecule has 1 saturated heterocycles. The Kier molecular flexibility index (Phi) is 7.00. The van der Waals surface area contributed by atoms with Crippen molar-refractivity contribution in [3.8, 4) is 0 Å². The lowest BCUT2D eigenvalue weighted by Gasteiger charge is -2.39. The lowest BCUT2D eigenvalue weighted by molar-refractivity contribution is -0.128. The van der Waals surface area contributed by atoms with E-state index in [1.54, 1.807) is 13.3 Å². The molecule has 3 rings (SSSR count). The summed E-state index contributed by atoms with van der Waals surface area (Å²) in [6, 6.07) is 5.95. The van der Waals surface area contributed by atoms with Crippen LogP contribution in [0.25, 0.3) is 0 Å². The van der Waals surface area contributed by atoms with Crippen LogP contribution in [0.5, 0.6) is 0 Å². The van der Waals surface area contributed by atoms with Crippen LogP contribution in [0.4, 0.5) is 0 Å². The van der Waals surface area contributed by atoms with Gasteiger partial charge in [0.1, 0.15) is 0 Å². The first-order valence-corrected chi connectivity index (χ1v) is 9.75. The van der Waals surface area contributed by atoms with Crippen LogP contribution in [-0.4, -0.2) is 66.4 Å². The largest absolute Gasteiger partial charge is 0.393 e. The van der Waals surface area contributed by atoms with Gasteiger partial charge in [0.2, 0.25) is 5.91 Å². The van der Waals surface area contributed by atoms with E-state index in [1.165, 1.54) is 0 Å². The van der Waals surface area contributed by atoms with Crippen molar-refractivity contribution < 1.29 is 14.6 Å². The second-order valence-corrected chi connectivity index (χ2v) is 7.63. The van der Waals surface area contributed by atoms with Crippen molar-refractivity contribution in [3.05, 3.63) is 30.1 Å². The maximum Gasteiger partial charge on any atom is 0.223 e. The predicted molar refractivity (Wildman–Crippen MR) is 99.6 cm³/mol. The third-order valence-electron chi connectivity index (χ3n) is 5.77. The molecule has 2 fully saturated rings. The van der Waals surface area contributed by atoms with Crippen LogP contribution >= 0.6 is 0 Å². The molecule has 1 aromatic rings.